The fourth-order valence-electron chi connectivity index (χ4n) is 2.42. The Morgan fingerprint density at radius 3 is 2.40 bits per heavy atom. The highest BCUT2D eigenvalue weighted by atomic mass is 15.1. The molecule has 1 aromatic carbocycles. The smallest absolute Gasteiger partial charge is 0.0651 e. The average molecular weight is 269 g/mol. The van der Waals surface area contributed by atoms with Crippen LogP contribution in [0.25, 0.3) is 0 Å². The molecule has 1 atom stereocenters. The highest BCUT2D eigenvalue weighted by molar-refractivity contribution is 5.38. The molecule has 1 unspecified atom stereocenters. The van der Waals surface area contributed by atoms with Gasteiger partial charge in [-0.2, -0.15) is 10.2 Å². The highest BCUT2D eigenvalue weighted by Crippen LogP contribution is 2.25. The van der Waals surface area contributed by atoms with Crippen molar-refractivity contribution < 1.29 is 0 Å². The summed E-state index contributed by atoms with van der Waals surface area (Å²) < 4.78 is 0. The molecule has 0 saturated carbocycles. The lowest BCUT2D eigenvalue weighted by atomic mass is 9.94. The Morgan fingerprint density at radius 1 is 1.00 bits per heavy atom. The molecule has 0 spiro atoms. The van der Waals surface area contributed by atoms with Gasteiger partial charge in [-0.3, -0.25) is 0 Å². The quantitative estimate of drug-likeness (QED) is 0.924. The summed E-state index contributed by atoms with van der Waals surface area (Å²) >= 11 is 0. The second-order valence-corrected chi connectivity index (χ2v) is 5.36. The van der Waals surface area contributed by atoms with Crippen LogP contribution in [-0.2, 0) is 0 Å². The van der Waals surface area contributed by atoms with Crippen molar-refractivity contribution in [3.05, 3.63) is 57.9 Å². The third kappa shape index (κ3) is 3.05. The largest absolute Gasteiger partial charge is 0.306 e. The standard InChI is InChI=1S/C17H23N3/c1-6-18-17(15-8-7-11(2)12(3)9-15)16-10-13(4)19-20-14(16)5/h7-10,17-18H,6H2,1-5H3. The van der Waals surface area contributed by atoms with Crippen LogP contribution in [0, 0.1) is 27.7 Å². The zero-order valence-electron chi connectivity index (χ0n) is 13.0. The Kier molecular flexibility index (Phi) is 4.50. The summed E-state index contributed by atoms with van der Waals surface area (Å²) in [6, 6.07) is 8.95. The lowest BCUT2D eigenvalue weighted by molar-refractivity contribution is 0.620. The molecule has 1 aromatic heterocycles. The first-order valence-electron chi connectivity index (χ1n) is 7.14. The molecule has 2 rings (SSSR count). The van der Waals surface area contributed by atoms with Crippen molar-refractivity contribution in [2.75, 3.05) is 6.54 Å². The van der Waals surface area contributed by atoms with Gasteiger partial charge in [0.2, 0.25) is 0 Å². The minimum Gasteiger partial charge on any atom is -0.306 e. The van der Waals surface area contributed by atoms with Gasteiger partial charge in [0.25, 0.3) is 0 Å². The Morgan fingerprint density at radius 2 is 1.75 bits per heavy atom. The number of aryl methyl sites for hydroxylation is 4. The number of benzene rings is 1. The fraction of sp³-hybridized carbons (Fsp3) is 0.412. The van der Waals surface area contributed by atoms with Crippen LogP contribution in [0.3, 0.4) is 0 Å². The third-order valence-electron chi connectivity index (χ3n) is 3.72. The van der Waals surface area contributed by atoms with Crippen LogP contribution >= 0.6 is 0 Å². The molecule has 0 fully saturated rings. The van der Waals surface area contributed by atoms with Crippen molar-refractivity contribution in [3.8, 4) is 0 Å². The van der Waals surface area contributed by atoms with Crippen LogP contribution < -0.4 is 5.32 Å². The van der Waals surface area contributed by atoms with E-state index in [9.17, 15) is 0 Å². The van der Waals surface area contributed by atoms with Gasteiger partial charge in [-0.15, -0.1) is 0 Å². The minimum absolute atomic E-state index is 0.175. The highest BCUT2D eigenvalue weighted by Gasteiger charge is 2.17. The van der Waals surface area contributed by atoms with Crippen molar-refractivity contribution in [3.63, 3.8) is 0 Å². The first-order valence-corrected chi connectivity index (χ1v) is 7.14. The molecule has 0 aliphatic carbocycles. The van der Waals surface area contributed by atoms with E-state index in [1.54, 1.807) is 0 Å². The molecule has 0 aliphatic heterocycles. The molecule has 106 valence electrons. The van der Waals surface area contributed by atoms with Crippen LogP contribution in [0.5, 0.6) is 0 Å². The average Bonchev–Trinajstić information content (AvgIpc) is 2.42. The Balaban J connectivity index is 2.49. The number of hydrogen-bond donors (Lipinski definition) is 1. The molecule has 3 heteroatoms. The fourth-order valence-corrected chi connectivity index (χ4v) is 2.42. The number of nitrogens with zero attached hydrogens (tertiary/aromatic N) is 2. The lowest BCUT2D eigenvalue weighted by Gasteiger charge is -2.21. The summed E-state index contributed by atoms with van der Waals surface area (Å²) in [4.78, 5) is 0. The maximum absolute atomic E-state index is 4.26. The van der Waals surface area contributed by atoms with Crippen molar-refractivity contribution in [2.24, 2.45) is 0 Å². The summed E-state index contributed by atoms with van der Waals surface area (Å²) in [5.74, 6) is 0. The number of aromatic nitrogens is 2. The van der Waals surface area contributed by atoms with Gasteiger partial charge in [0.1, 0.15) is 0 Å². The minimum atomic E-state index is 0.175. The monoisotopic (exact) mass is 269 g/mol. The van der Waals surface area contributed by atoms with Crippen LogP contribution in [-0.4, -0.2) is 16.7 Å². The summed E-state index contributed by atoms with van der Waals surface area (Å²) in [6.45, 7) is 11.4. The number of hydrogen-bond acceptors (Lipinski definition) is 3. The molecular weight excluding hydrogens is 246 g/mol. The van der Waals surface area contributed by atoms with E-state index in [2.05, 4.69) is 60.6 Å². The molecule has 1 N–H and O–H groups in total. The molecular formula is C17H23N3. The molecule has 0 bridgehead atoms. The summed E-state index contributed by atoms with van der Waals surface area (Å²) in [7, 11) is 0. The molecule has 3 nitrogen and oxygen atoms in total. The molecule has 0 amide bonds. The lowest BCUT2D eigenvalue weighted by Crippen LogP contribution is -2.23. The van der Waals surface area contributed by atoms with Crippen LogP contribution in [0.15, 0.2) is 24.3 Å². The topological polar surface area (TPSA) is 37.8 Å². The molecule has 0 radical (unpaired) electrons. The normalized spacial score (nSPS) is 12.4. The number of rotatable bonds is 4. The van der Waals surface area contributed by atoms with Gasteiger partial charge >= 0.3 is 0 Å². The van der Waals surface area contributed by atoms with Gasteiger partial charge in [0.15, 0.2) is 0 Å². The van der Waals surface area contributed by atoms with Crippen LogP contribution in [0.2, 0.25) is 0 Å². The van der Waals surface area contributed by atoms with E-state index in [-0.39, 0.29) is 6.04 Å². The predicted molar refractivity (Wildman–Crippen MR) is 82.9 cm³/mol. The van der Waals surface area contributed by atoms with Gasteiger partial charge in [-0.05, 0) is 62.6 Å². The van der Waals surface area contributed by atoms with Crippen molar-refractivity contribution >= 4 is 0 Å². The van der Waals surface area contributed by atoms with Gasteiger partial charge in [-0.1, -0.05) is 25.1 Å². The SMILES string of the molecule is CCNC(c1ccc(C)c(C)c1)c1cc(C)nnc1C. The zero-order valence-corrected chi connectivity index (χ0v) is 13.0. The van der Waals surface area contributed by atoms with E-state index in [0.29, 0.717) is 0 Å². The maximum Gasteiger partial charge on any atom is 0.0651 e. The van der Waals surface area contributed by atoms with Crippen molar-refractivity contribution in [1.82, 2.24) is 15.5 Å². The molecule has 0 saturated heterocycles. The molecule has 20 heavy (non-hydrogen) atoms. The van der Waals surface area contributed by atoms with E-state index in [1.807, 2.05) is 13.8 Å². The maximum atomic E-state index is 4.26. The zero-order chi connectivity index (χ0) is 14.7. The van der Waals surface area contributed by atoms with Gasteiger partial charge in [0, 0.05) is 0 Å². The van der Waals surface area contributed by atoms with Crippen molar-refractivity contribution in [2.45, 2.75) is 40.7 Å². The second-order valence-electron chi connectivity index (χ2n) is 5.36. The van der Waals surface area contributed by atoms with E-state index in [1.165, 1.54) is 22.3 Å². The first kappa shape index (κ1) is 14.7. The van der Waals surface area contributed by atoms with E-state index in [4.69, 9.17) is 0 Å². The summed E-state index contributed by atoms with van der Waals surface area (Å²) in [5.41, 5.74) is 7.08. The van der Waals surface area contributed by atoms with Crippen LogP contribution in [0.4, 0.5) is 0 Å². The van der Waals surface area contributed by atoms with Gasteiger partial charge < -0.3 is 5.32 Å². The van der Waals surface area contributed by atoms with Gasteiger partial charge in [-0.25, -0.2) is 0 Å². The molecule has 0 aliphatic rings. The Bertz CT molecular complexity index is 605. The number of nitrogens with one attached hydrogen (secondary N) is 1. The van der Waals surface area contributed by atoms with E-state index in [0.717, 1.165) is 17.9 Å². The summed E-state index contributed by atoms with van der Waals surface area (Å²) in [6.07, 6.45) is 0. The summed E-state index contributed by atoms with van der Waals surface area (Å²) in [5, 5.41) is 11.9. The van der Waals surface area contributed by atoms with Crippen molar-refractivity contribution in [1.29, 1.82) is 0 Å². The predicted octanol–water partition coefficient (Wildman–Crippen LogP) is 3.41. The van der Waals surface area contributed by atoms with Gasteiger partial charge in [0.05, 0.1) is 17.4 Å². The second kappa shape index (κ2) is 6.14. The first-order chi connectivity index (χ1) is 9.52. The third-order valence-corrected chi connectivity index (χ3v) is 3.72. The molecule has 1 heterocycles. The van der Waals surface area contributed by atoms with E-state index >= 15 is 0 Å². The molecule has 2 aromatic rings. The van der Waals surface area contributed by atoms with E-state index < -0.39 is 0 Å². The Hall–Kier alpha value is -1.74. The van der Waals surface area contributed by atoms with Crippen LogP contribution in [0.1, 0.15) is 46.6 Å². The Labute approximate surface area is 121 Å².